The van der Waals surface area contributed by atoms with Crippen LogP contribution in [0.3, 0.4) is 0 Å². The molecule has 0 aromatic heterocycles. The number of halogens is 1. The molecule has 0 saturated heterocycles. The third-order valence-electron chi connectivity index (χ3n) is 6.39. The molecular weight excluding hydrogens is 218 g/mol. The van der Waals surface area contributed by atoms with Gasteiger partial charge in [0.15, 0.2) is 0 Å². The lowest BCUT2D eigenvalue weighted by Gasteiger charge is -2.60. The highest BCUT2D eigenvalue weighted by Gasteiger charge is 2.58. The zero-order valence-electron chi connectivity index (χ0n) is 10.00. The first kappa shape index (κ1) is 11.3. The molecule has 0 radical (unpaired) electrons. The van der Waals surface area contributed by atoms with Crippen molar-refractivity contribution in [2.75, 3.05) is 0 Å². The molecule has 0 amide bonds. The van der Waals surface area contributed by atoms with Gasteiger partial charge in [-0.25, -0.2) is 0 Å². The summed E-state index contributed by atoms with van der Waals surface area (Å²) in [5.41, 5.74) is 6.93. The third kappa shape index (κ3) is 1.34. The smallest absolute Gasteiger partial charge is 0.00445 e. The minimum absolute atomic E-state index is 0. The van der Waals surface area contributed by atoms with Crippen LogP contribution in [0.2, 0.25) is 0 Å². The summed E-state index contributed by atoms with van der Waals surface area (Å²) < 4.78 is 0. The van der Waals surface area contributed by atoms with Crippen LogP contribution in [-0.4, -0.2) is 6.04 Å². The number of hydrogen-bond acceptors (Lipinski definition) is 1. The Kier molecular flexibility index (Phi) is 2.57. The Morgan fingerprint density at radius 2 is 1.44 bits per heavy atom. The summed E-state index contributed by atoms with van der Waals surface area (Å²) >= 11 is 0. The second kappa shape index (κ2) is 3.62. The van der Waals surface area contributed by atoms with Crippen molar-refractivity contribution < 1.29 is 12.4 Å². The summed E-state index contributed by atoms with van der Waals surface area (Å²) in [6, 6.07) is 0.544. The highest BCUT2D eigenvalue weighted by Crippen LogP contribution is 2.67. The maximum Gasteiger partial charge on any atom is 0.00445 e. The van der Waals surface area contributed by atoms with Gasteiger partial charge in [0.25, 0.3) is 0 Å². The average molecular weight is 241 g/mol. The van der Waals surface area contributed by atoms with Gasteiger partial charge in [0, 0.05) is 6.04 Å². The SMILES string of the molecule is NC1CCC2(C1)C1CC3CC(C1)CC2C3.[Cl-]. The molecular formula is C14H23ClN-. The van der Waals surface area contributed by atoms with E-state index in [1.54, 1.807) is 32.1 Å². The second-order valence-electron chi connectivity index (χ2n) is 7.04. The molecule has 0 aliphatic heterocycles. The third-order valence-corrected chi connectivity index (χ3v) is 6.39. The van der Waals surface area contributed by atoms with E-state index in [1.807, 2.05) is 0 Å². The monoisotopic (exact) mass is 240 g/mol. The Morgan fingerprint density at radius 3 is 1.88 bits per heavy atom. The van der Waals surface area contributed by atoms with Crippen molar-refractivity contribution >= 4 is 0 Å². The zero-order chi connectivity index (χ0) is 10.0. The lowest BCUT2D eigenvalue weighted by Crippen LogP contribution is -3.00. The van der Waals surface area contributed by atoms with Crippen LogP contribution in [0.15, 0.2) is 0 Å². The van der Waals surface area contributed by atoms with Crippen LogP contribution in [0.4, 0.5) is 0 Å². The summed E-state index contributed by atoms with van der Waals surface area (Å²) in [5, 5.41) is 0. The molecule has 5 fully saturated rings. The average Bonchev–Trinajstić information content (AvgIpc) is 2.57. The molecule has 5 rings (SSSR count). The molecule has 1 spiro atoms. The minimum Gasteiger partial charge on any atom is -1.00 e. The molecule has 5 aliphatic carbocycles. The van der Waals surface area contributed by atoms with Gasteiger partial charge >= 0.3 is 0 Å². The van der Waals surface area contributed by atoms with E-state index < -0.39 is 0 Å². The summed E-state index contributed by atoms with van der Waals surface area (Å²) in [5.74, 6) is 4.41. The van der Waals surface area contributed by atoms with Crippen LogP contribution < -0.4 is 18.1 Å². The molecule has 2 heteroatoms. The summed E-state index contributed by atoms with van der Waals surface area (Å²) in [7, 11) is 0. The van der Waals surface area contributed by atoms with E-state index in [2.05, 4.69) is 0 Å². The van der Waals surface area contributed by atoms with E-state index in [0.29, 0.717) is 6.04 Å². The van der Waals surface area contributed by atoms with Gasteiger partial charge in [-0.1, -0.05) is 0 Å². The van der Waals surface area contributed by atoms with Crippen molar-refractivity contribution in [1.82, 2.24) is 0 Å². The molecule has 16 heavy (non-hydrogen) atoms. The van der Waals surface area contributed by atoms with Gasteiger partial charge in [-0.05, 0) is 80.5 Å². The van der Waals surface area contributed by atoms with Gasteiger partial charge in [-0.15, -0.1) is 0 Å². The number of rotatable bonds is 0. The molecule has 0 aromatic rings. The van der Waals surface area contributed by atoms with Gasteiger partial charge < -0.3 is 18.1 Å². The van der Waals surface area contributed by atoms with E-state index in [1.165, 1.54) is 19.3 Å². The predicted octanol–water partition coefficient (Wildman–Crippen LogP) is -0.0559. The Bertz CT molecular complexity index is 260. The first-order valence-electron chi connectivity index (χ1n) is 7.02. The molecule has 1 unspecified atom stereocenters. The lowest BCUT2D eigenvalue weighted by molar-refractivity contribution is -0.105. The van der Waals surface area contributed by atoms with Crippen LogP contribution in [0.25, 0.3) is 0 Å². The van der Waals surface area contributed by atoms with Crippen LogP contribution in [0, 0.1) is 29.1 Å². The topological polar surface area (TPSA) is 26.0 Å². The fourth-order valence-corrected chi connectivity index (χ4v) is 6.01. The van der Waals surface area contributed by atoms with Crippen LogP contribution in [0.5, 0.6) is 0 Å². The van der Waals surface area contributed by atoms with Gasteiger partial charge in [0.1, 0.15) is 0 Å². The van der Waals surface area contributed by atoms with Crippen LogP contribution in [-0.2, 0) is 0 Å². The Labute approximate surface area is 105 Å². The number of hydrogen-bond donors (Lipinski definition) is 1. The van der Waals surface area contributed by atoms with Crippen molar-refractivity contribution in [2.24, 2.45) is 34.8 Å². The van der Waals surface area contributed by atoms with Crippen molar-refractivity contribution in [1.29, 1.82) is 0 Å². The standard InChI is InChI=1S/C14H23N.ClH/c15-13-1-2-14(8-13)11-4-9-3-10(6-11)7-12(14)5-9;/h9-13H,1-8,15H2;1H/p-1. The summed E-state index contributed by atoms with van der Waals surface area (Å²) in [6.45, 7) is 0. The highest BCUT2D eigenvalue weighted by atomic mass is 35.5. The minimum atomic E-state index is 0. The normalized spacial score (nSPS) is 57.9. The largest absolute Gasteiger partial charge is 1.00 e. The molecule has 5 saturated carbocycles. The molecule has 0 aromatic carbocycles. The fourth-order valence-electron chi connectivity index (χ4n) is 6.01. The van der Waals surface area contributed by atoms with Crippen molar-refractivity contribution in [2.45, 2.75) is 57.4 Å². The Hall–Kier alpha value is 0.250. The Balaban J connectivity index is 0.000000810. The first-order valence-corrected chi connectivity index (χ1v) is 7.02. The lowest BCUT2D eigenvalue weighted by atomic mass is 9.45. The highest BCUT2D eigenvalue weighted by molar-refractivity contribution is 5.09. The second-order valence-corrected chi connectivity index (χ2v) is 7.04. The van der Waals surface area contributed by atoms with Gasteiger partial charge in [-0.3, -0.25) is 0 Å². The van der Waals surface area contributed by atoms with Gasteiger partial charge in [0.2, 0.25) is 0 Å². The van der Waals surface area contributed by atoms with E-state index in [0.717, 1.165) is 29.1 Å². The molecule has 2 N–H and O–H groups in total. The maximum absolute atomic E-state index is 6.19. The Morgan fingerprint density at radius 1 is 0.875 bits per heavy atom. The van der Waals surface area contributed by atoms with E-state index >= 15 is 0 Å². The van der Waals surface area contributed by atoms with E-state index in [9.17, 15) is 0 Å². The fraction of sp³-hybridized carbons (Fsp3) is 1.00. The van der Waals surface area contributed by atoms with Crippen molar-refractivity contribution in [3.8, 4) is 0 Å². The molecule has 1 atom stereocenters. The van der Waals surface area contributed by atoms with Crippen molar-refractivity contribution in [3.63, 3.8) is 0 Å². The summed E-state index contributed by atoms with van der Waals surface area (Å²) in [6.07, 6.45) is 12.0. The molecule has 92 valence electrons. The zero-order valence-corrected chi connectivity index (χ0v) is 10.8. The first-order chi connectivity index (χ1) is 7.26. The maximum atomic E-state index is 6.19. The van der Waals surface area contributed by atoms with Crippen LogP contribution >= 0.6 is 0 Å². The van der Waals surface area contributed by atoms with Gasteiger partial charge in [-0.2, -0.15) is 0 Å². The van der Waals surface area contributed by atoms with Crippen LogP contribution in [0.1, 0.15) is 51.4 Å². The van der Waals surface area contributed by atoms with Crippen molar-refractivity contribution in [3.05, 3.63) is 0 Å². The predicted molar refractivity (Wildman–Crippen MR) is 61.3 cm³/mol. The summed E-state index contributed by atoms with van der Waals surface area (Å²) in [4.78, 5) is 0. The molecule has 0 heterocycles. The number of nitrogens with two attached hydrogens (primary N) is 1. The van der Waals surface area contributed by atoms with E-state index in [-0.39, 0.29) is 12.4 Å². The van der Waals surface area contributed by atoms with Gasteiger partial charge in [0.05, 0.1) is 0 Å². The molecule has 1 nitrogen and oxygen atoms in total. The van der Waals surface area contributed by atoms with E-state index in [4.69, 9.17) is 5.73 Å². The quantitative estimate of drug-likeness (QED) is 0.631. The molecule has 5 aliphatic rings. The molecule has 4 bridgehead atoms.